The van der Waals surface area contributed by atoms with E-state index in [4.69, 9.17) is 9.47 Å². The van der Waals surface area contributed by atoms with E-state index in [1.165, 1.54) is 0 Å². The zero-order chi connectivity index (χ0) is 17.8. The van der Waals surface area contributed by atoms with Crippen LogP contribution in [0.25, 0.3) is 5.69 Å². The van der Waals surface area contributed by atoms with Crippen molar-refractivity contribution in [3.8, 4) is 17.2 Å². The normalized spacial score (nSPS) is 10.4. The Morgan fingerprint density at radius 3 is 2.40 bits per heavy atom. The summed E-state index contributed by atoms with van der Waals surface area (Å²) in [5, 5.41) is 7.29. The minimum atomic E-state index is -0.253. The van der Waals surface area contributed by atoms with Crippen molar-refractivity contribution in [1.29, 1.82) is 0 Å². The van der Waals surface area contributed by atoms with E-state index in [1.807, 2.05) is 37.3 Å². The molecule has 0 saturated carbocycles. The highest BCUT2D eigenvalue weighted by atomic mass is 16.5. The van der Waals surface area contributed by atoms with Crippen LogP contribution in [0.2, 0.25) is 0 Å². The van der Waals surface area contributed by atoms with Crippen LogP contribution in [-0.4, -0.2) is 29.9 Å². The Morgan fingerprint density at radius 1 is 1.00 bits per heavy atom. The van der Waals surface area contributed by atoms with Crippen molar-refractivity contribution in [2.75, 3.05) is 19.5 Å². The third kappa shape index (κ3) is 3.47. The lowest BCUT2D eigenvalue weighted by Crippen LogP contribution is -2.17. The van der Waals surface area contributed by atoms with Crippen molar-refractivity contribution in [3.05, 3.63) is 66.0 Å². The maximum atomic E-state index is 12.7. The van der Waals surface area contributed by atoms with Crippen LogP contribution in [0.5, 0.6) is 11.5 Å². The minimum Gasteiger partial charge on any atom is -0.493 e. The first-order valence-corrected chi connectivity index (χ1v) is 7.78. The number of para-hydroxylation sites is 1. The van der Waals surface area contributed by atoms with Crippen molar-refractivity contribution >= 4 is 11.6 Å². The molecular weight excluding hydrogens is 318 g/mol. The molecule has 128 valence electrons. The van der Waals surface area contributed by atoms with Crippen molar-refractivity contribution in [2.24, 2.45) is 0 Å². The lowest BCUT2D eigenvalue weighted by molar-refractivity contribution is 0.101. The Hall–Kier alpha value is -3.28. The summed E-state index contributed by atoms with van der Waals surface area (Å²) in [4.78, 5) is 12.7. The first-order valence-electron chi connectivity index (χ1n) is 7.78. The molecule has 0 spiro atoms. The van der Waals surface area contributed by atoms with E-state index in [0.29, 0.717) is 22.9 Å². The molecular formula is C19H19N3O3. The summed E-state index contributed by atoms with van der Waals surface area (Å²) in [6.45, 7) is 1.85. The number of carbonyl (C=O) groups excluding carboxylic acids is 1. The second kappa shape index (κ2) is 7.09. The number of aryl methyl sites for hydroxylation is 1. The highest BCUT2D eigenvalue weighted by Crippen LogP contribution is 2.30. The molecule has 0 atom stereocenters. The third-order valence-electron chi connectivity index (χ3n) is 3.71. The monoisotopic (exact) mass is 337 g/mol. The Morgan fingerprint density at radius 2 is 1.72 bits per heavy atom. The van der Waals surface area contributed by atoms with E-state index in [-0.39, 0.29) is 5.91 Å². The number of amides is 1. The average molecular weight is 337 g/mol. The van der Waals surface area contributed by atoms with Crippen LogP contribution in [0.4, 0.5) is 5.69 Å². The van der Waals surface area contributed by atoms with Crippen LogP contribution in [0.3, 0.4) is 0 Å². The molecule has 2 aromatic carbocycles. The molecule has 0 aliphatic rings. The summed E-state index contributed by atoms with van der Waals surface area (Å²) in [5.74, 6) is 0.899. The fourth-order valence-electron chi connectivity index (χ4n) is 2.54. The van der Waals surface area contributed by atoms with E-state index >= 15 is 0 Å². The predicted octanol–water partition coefficient (Wildman–Crippen LogP) is 3.45. The van der Waals surface area contributed by atoms with Gasteiger partial charge in [-0.05, 0) is 37.3 Å². The smallest absolute Gasteiger partial charge is 0.274 e. The molecule has 1 aromatic heterocycles. The van der Waals surface area contributed by atoms with E-state index in [1.54, 1.807) is 43.2 Å². The first kappa shape index (κ1) is 16.6. The van der Waals surface area contributed by atoms with Gasteiger partial charge in [0.25, 0.3) is 5.91 Å². The van der Waals surface area contributed by atoms with Crippen LogP contribution in [0, 0.1) is 6.92 Å². The molecule has 3 rings (SSSR count). The Balaban J connectivity index is 1.90. The number of anilines is 1. The van der Waals surface area contributed by atoms with Gasteiger partial charge in [-0.2, -0.15) is 5.10 Å². The number of hydrogen-bond donors (Lipinski definition) is 1. The Kier molecular flexibility index (Phi) is 4.70. The summed E-state index contributed by atoms with van der Waals surface area (Å²) in [7, 11) is 3.12. The highest BCUT2D eigenvalue weighted by Gasteiger charge is 2.16. The Labute approximate surface area is 146 Å². The number of hydrogen-bond acceptors (Lipinski definition) is 4. The maximum Gasteiger partial charge on any atom is 0.274 e. The lowest BCUT2D eigenvalue weighted by Gasteiger charge is -2.11. The third-order valence-corrected chi connectivity index (χ3v) is 3.71. The van der Waals surface area contributed by atoms with Gasteiger partial charge in [-0.25, -0.2) is 4.68 Å². The van der Waals surface area contributed by atoms with Gasteiger partial charge >= 0.3 is 0 Å². The summed E-state index contributed by atoms with van der Waals surface area (Å²) >= 11 is 0. The zero-order valence-corrected chi connectivity index (χ0v) is 14.3. The van der Waals surface area contributed by atoms with Crippen molar-refractivity contribution in [3.63, 3.8) is 0 Å². The van der Waals surface area contributed by atoms with Crippen LogP contribution >= 0.6 is 0 Å². The number of aromatic nitrogens is 2. The summed E-state index contributed by atoms with van der Waals surface area (Å²) in [6, 6.07) is 16.5. The van der Waals surface area contributed by atoms with Crippen LogP contribution in [-0.2, 0) is 0 Å². The number of carbonyl (C=O) groups is 1. The Bertz CT molecular complexity index is 888. The molecule has 0 radical (unpaired) electrons. The molecule has 0 aliphatic heterocycles. The van der Waals surface area contributed by atoms with Crippen molar-refractivity contribution < 1.29 is 14.3 Å². The first-order chi connectivity index (χ1) is 12.1. The van der Waals surface area contributed by atoms with Gasteiger partial charge in [0.15, 0.2) is 11.5 Å². The number of rotatable bonds is 5. The maximum absolute atomic E-state index is 12.7. The van der Waals surface area contributed by atoms with Gasteiger partial charge in [0.05, 0.1) is 25.6 Å². The standard InChI is InChI=1S/C19H19N3O3/c1-13-11-16(22(21-13)15-7-5-4-6-8-15)19(23)20-14-9-10-17(24-2)18(12-14)25-3/h4-12H,1-3H3,(H,20,23). The number of methoxy groups -OCH3 is 2. The van der Waals surface area contributed by atoms with Crippen molar-refractivity contribution in [2.45, 2.75) is 6.92 Å². The molecule has 1 heterocycles. The number of nitrogens with zero attached hydrogens (tertiary/aromatic N) is 2. The average Bonchev–Trinajstić information content (AvgIpc) is 3.04. The SMILES string of the molecule is COc1ccc(NC(=O)c2cc(C)nn2-c2ccccc2)cc1OC. The summed E-state index contributed by atoms with van der Waals surface area (Å²) < 4.78 is 12.1. The quantitative estimate of drug-likeness (QED) is 0.774. The van der Waals surface area contributed by atoms with Gasteiger partial charge in [-0.1, -0.05) is 18.2 Å². The fourth-order valence-corrected chi connectivity index (χ4v) is 2.54. The summed E-state index contributed by atoms with van der Waals surface area (Å²) in [5.41, 5.74) is 2.66. The molecule has 6 nitrogen and oxygen atoms in total. The van der Waals surface area contributed by atoms with E-state index in [0.717, 1.165) is 11.4 Å². The zero-order valence-electron chi connectivity index (χ0n) is 14.3. The number of nitrogens with one attached hydrogen (secondary N) is 1. The second-order valence-corrected chi connectivity index (χ2v) is 5.44. The highest BCUT2D eigenvalue weighted by molar-refractivity contribution is 6.03. The van der Waals surface area contributed by atoms with Gasteiger partial charge in [-0.15, -0.1) is 0 Å². The molecule has 6 heteroatoms. The topological polar surface area (TPSA) is 65.4 Å². The number of benzene rings is 2. The van der Waals surface area contributed by atoms with Gasteiger partial charge < -0.3 is 14.8 Å². The summed E-state index contributed by atoms with van der Waals surface area (Å²) in [6.07, 6.45) is 0. The number of ether oxygens (including phenoxy) is 2. The molecule has 25 heavy (non-hydrogen) atoms. The van der Waals surface area contributed by atoms with Crippen LogP contribution < -0.4 is 14.8 Å². The molecule has 1 amide bonds. The predicted molar refractivity (Wildman–Crippen MR) is 95.8 cm³/mol. The molecule has 3 aromatic rings. The fraction of sp³-hybridized carbons (Fsp3) is 0.158. The van der Waals surface area contributed by atoms with Crippen molar-refractivity contribution in [1.82, 2.24) is 9.78 Å². The van der Waals surface area contributed by atoms with Gasteiger partial charge in [-0.3, -0.25) is 4.79 Å². The van der Waals surface area contributed by atoms with Gasteiger partial charge in [0.2, 0.25) is 0 Å². The molecule has 0 saturated heterocycles. The second-order valence-electron chi connectivity index (χ2n) is 5.44. The largest absolute Gasteiger partial charge is 0.493 e. The van der Waals surface area contributed by atoms with E-state index < -0.39 is 0 Å². The molecule has 0 bridgehead atoms. The van der Waals surface area contributed by atoms with Crippen LogP contribution in [0.1, 0.15) is 16.2 Å². The van der Waals surface area contributed by atoms with Crippen LogP contribution in [0.15, 0.2) is 54.6 Å². The van der Waals surface area contributed by atoms with Gasteiger partial charge in [0, 0.05) is 11.8 Å². The molecule has 1 N–H and O–H groups in total. The van der Waals surface area contributed by atoms with E-state index in [2.05, 4.69) is 10.4 Å². The molecule has 0 fully saturated rings. The van der Waals surface area contributed by atoms with Gasteiger partial charge in [0.1, 0.15) is 5.69 Å². The minimum absolute atomic E-state index is 0.253. The lowest BCUT2D eigenvalue weighted by atomic mass is 10.2. The molecule has 0 aliphatic carbocycles. The van der Waals surface area contributed by atoms with E-state index in [9.17, 15) is 4.79 Å². The molecule has 0 unspecified atom stereocenters.